The smallest absolute Gasteiger partial charge is 0.311 e. The maximum absolute atomic E-state index is 11.8. The zero-order chi connectivity index (χ0) is 12.1. The first-order chi connectivity index (χ1) is 6.69. The number of carbonyl (C=O) groups is 1. The molecular formula is C12H26O2Si. The molecule has 0 radical (unpaired) electrons. The quantitative estimate of drug-likeness (QED) is 0.411. The lowest BCUT2D eigenvalue weighted by Gasteiger charge is -2.30. The number of carbonyl (C=O) groups excluding carboxylic acids is 1. The van der Waals surface area contributed by atoms with E-state index in [4.69, 9.17) is 4.74 Å². The number of ether oxygens (including phenoxy) is 1. The summed E-state index contributed by atoms with van der Waals surface area (Å²) in [6, 6.07) is 1.20. The molecule has 2 nitrogen and oxygen atoms in total. The van der Waals surface area contributed by atoms with E-state index in [1.165, 1.54) is 16.3 Å². The molecule has 0 rings (SSSR count). The molecule has 0 aliphatic carbocycles. The predicted molar refractivity (Wildman–Crippen MR) is 68.2 cm³/mol. The van der Waals surface area contributed by atoms with Gasteiger partial charge in [0.2, 0.25) is 0 Å². The molecule has 0 saturated carbocycles. The van der Waals surface area contributed by atoms with Crippen molar-refractivity contribution in [2.24, 2.45) is 10.8 Å². The minimum atomic E-state index is -0.358. The zero-order valence-corrected chi connectivity index (χ0v) is 13.1. The van der Waals surface area contributed by atoms with Crippen LogP contribution in [0.15, 0.2) is 0 Å². The standard InChI is InChI=1S/C12H26O2Si/c1-11(2,3)9-12(4,5)10(13)14-7-6-8-15/h6-9H2,1-5,15H3. The number of rotatable bonds is 5. The fraction of sp³-hybridized carbons (Fsp3) is 0.917. The topological polar surface area (TPSA) is 26.3 Å². The van der Waals surface area contributed by atoms with Gasteiger partial charge in [-0.25, -0.2) is 0 Å². The van der Waals surface area contributed by atoms with Crippen molar-refractivity contribution in [3.05, 3.63) is 0 Å². The summed E-state index contributed by atoms with van der Waals surface area (Å²) in [5.41, 5.74) is -0.191. The van der Waals surface area contributed by atoms with Crippen molar-refractivity contribution >= 4 is 16.2 Å². The number of esters is 1. The van der Waals surface area contributed by atoms with Crippen molar-refractivity contribution in [3.8, 4) is 0 Å². The van der Waals surface area contributed by atoms with Crippen molar-refractivity contribution in [3.63, 3.8) is 0 Å². The predicted octanol–water partition coefficient (Wildman–Crippen LogP) is 2.17. The monoisotopic (exact) mass is 230 g/mol. The largest absolute Gasteiger partial charge is 0.465 e. The van der Waals surface area contributed by atoms with Gasteiger partial charge >= 0.3 is 5.97 Å². The van der Waals surface area contributed by atoms with Crippen LogP contribution >= 0.6 is 0 Å². The Morgan fingerprint density at radius 2 is 1.73 bits per heavy atom. The third-order valence-electron chi connectivity index (χ3n) is 2.26. The van der Waals surface area contributed by atoms with Gasteiger partial charge in [-0.05, 0) is 32.1 Å². The summed E-state index contributed by atoms with van der Waals surface area (Å²) >= 11 is 0. The van der Waals surface area contributed by atoms with Gasteiger partial charge in [-0.1, -0.05) is 26.8 Å². The second-order valence-electron chi connectivity index (χ2n) is 6.11. The molecular weight excluding hydrogens is 204 g/mol. The van der Waals surface area contributed by atoms with Gasteiger partial charge in [0.05, 0.1) is 12.0 Å². The van der Waals surface area contributed by atoms with Crippen molar-refractivity contribution in [1.82, 2.24) is 0 Å². The minimum Gasteiger partial charge on any atom is -0.465 e. The van der Waals surface area contributed by atoms with Crippen LogP contribution in [0.2, 0.25) is 6.04 Å². The molecule has 15 heavy (non-hydrogen) atoms. The van der Waals surface area contributed by atoms with Gasteiger partial charge in [-0.2, -0.15) is 0 Å². The van der Waals surface area contributed by atoms with Crippen LogP contribution in [0.5, 0.6) is 0 Å². The first-order valence-electron chi connectivity index (χ1n) is 5.86. The van der Waals surface area contributed by atoms with E-state index in [0.717, 1.165) is 12.8 Å². The molecule has 0 aliphatic rings. The van der Waals surface area contributed by atoms with Crippen LogP contribution in [0.1, 0.15) is 47.5 Å². The Bertz CT molecular complexity index is 204. The molecule has 0 heterocycles. The van der Waals surface area contributed by atoms with Crippen LogP contribution in [0, 0.1) is 10.8 Å². The minimum absolute atomic E-state index is 0.0486. The van der Waals surface area contributed by atoms with Crippen LogP contribution in [0.4, 0.5) is 0 Å². The summed E-state index contributed by atoms with van der Waals surface area (Å²) < 4.78 is 5.28. The van der Waals surface area contributed by atoms with Crippen molar-refractivity contribution < 1.29 is 9.53 Å². The molecule has 0 atom stereocenters. The Morgan fingerprint density at radius 3 is 2.13 bits per heavy atom. The maximum atomic E-state index is 11.8. The first-order valence-corrected chi connectivity index (χ1v) is 7.28. The van der Waals surface area contributed by atoms with E-state index < -0.39 is 0 Å². The molecule has 0 amide bonds. The Kier molecular flexibility index (Phi) is 5.57. The second kappa shape index (κ2) is 5.68. The Morgan fingerprint density at radius 1 is 1.20 bits per heavy atom. The van der Waals surface area contributed by atoms with Crippen LogP contribution in [0.3, 0.4) is 0 Å². The summed E-state index contributed by atoms with van der Waals surface area (Å²) in [4.78, 5) is 11.8. The molecule has 0 aliphatic heterocycles. The maximum Gasteiger partial charge on any atom is 0.311 e. The van der Waals surface area contributed by atoms with E-state index in [-0.39, 0.29) is 16.8 Å². The van der Waals surface area contributed by atoms with Crippen LogP contribution in [-0.4, -0.2) is 22.8 Å². The highest BCUT2D eigenvalue weighted by atomic mass is 28.1. The van der Waals surface area contributed by atoms with E-state index in [1.54, 1.807) is 0 Å². The highest BCUT2D eigenvalue weighted by molar-refractivity contribution is 6.08. The SMILES string of the molecule is CC(C)(C)CC(C)(C)C(=O)OCCC[SiH3]. The molecule has 0 fully saturated rings. The van der Waals surface area contributed by atoms with Crippen LogP contribution in [-0.2, 0) is 9.53 Å². The first kappa shape index (κ1) is 14.7. The Balaban J connectivity index is 4.14. The normalized spacial score (nSPS) is 12.9. The van der Waals surface area contributed by atoms with E-state index in [2.05, 4.69) is 20.8 Å². The molecule has 90 valence electrons. The Labute approximate surface area is 97.2 Å². The molecule has 0 spiro atoms. The Hall–Kier alpha value is -0.313. The summed E-state index contributed by atoms with van der Waals surface area (Å²) in [7, 11) is 1.19. The van der Waals surface area contributed by atoms with Gasteiger partial charge in [0.15, 0.2) is 0 Å². The average Bonchev–Trinajstić information content (AvgIpc) is 2.00. The van der Waals surface area contributed by atoms with E-state index in [9.17, 15) is 4.79 Å². The summed E-state index contributed by atoms with van der Waals surface area (Å²) in [5, 5.41) is 0. The van der Waals surface area contributed by atoms with Crippen LogP contribution in [0.25, 0.3) is 0 Å². The highest BCUT2D eigenvalue weighted by Crippen LogP contribution is 2.34. The van der Waals surface area contributed by atoms with Crippen molar-refractivity contribution in [1.29, 1.82) is 0 Å². The van der Waals surface area contributed by atoms with Crippen LogP contribution < -0.4 is 0 Å². The third-order valence-corrected chi connectivity index (χ3v) is 2.96. The summed E-state index contributed by atoms with van der Waals surface area (Å²) in [6.45, 7) is 11.0. The van der Waals surface area contributed by atoms with Gasteiger partial charge < -0.3 is 4.74 Å². The molecule has 3 heteroatoms. The fourth-order valence-corrected chi connectivity index (χ4v) is 2.19. The van der Waals surface area contributed by atoms with Gasteiger partial charge in [0, 0.05) is 10.2 Å². The molecule has 0 N–H and O–H groups in total. The van der Waals surface area contributed by atoms with Gasteiger partial charge in [-0.15, -0.1) is 0 Å². The van der Waals surface area contributed by atoms with Gasteiger partial charge in [-0.3, -0.25) is 4.79 Å². The fourth-order valence-electron chi connectivity index (χ4n) is 1.90. The zero-order valence-electron chi connectivity index (χ0n) is 11.1. The van der Waals surface area contributed by atoms with E-state index in [0.29, 0.717) is 6.61 Å². The molecule has 0 bridgehead atoms. The average molecular weight is 230 g/mol. The summed E-state index contributed by atoms with van der Waals surface area (Å²) in [6.07, 6.45) is 1.88. The highest BCUT2D eigenvalue weighted by Gasteiger charge is 2.33. The molecule has 0 aromatic carbocycles. The number of hydrogen-bond donors (Lipinski definition) is 0. The second-order valence-corrected chi connectivity index (χ2v) is 7.11. The number of hydrogen-bond acceptors (Lipinski definition) is 2. The summed E-state index contributed by atoms with van der Waals surface area (Å²) in [5.74, 6) is -0.0486. The molecule has 0 unspecified atom stereocenters. The van der Waals surface area contributed by atoms with Gasteiger partial charge in [0.1, 0.15) is 0 Å². The van der Waals surface area contributed by atoms with Gasteiger partial charge in [0.25, 0.3) is 0 Å². The van der Waals surface area contributed by atoms with E-state index in [1.807, 2.05) is 13.8 Å². The lowest BCUT2D eigenvalue weighted by molar-refractivity contribution is -0.155. The third kappa shape index (κ3) is 6.71. The molecule has 0 saturated heterocycles. The van der Waals surface area contributed by atoms with E-state index >= 15 is 0 Å². The van der Waals surface area contributed by atoms with Crippen molar-refractivity contribution in [2.45, 2.75) is 53.5 Å². The lowest BCUT2D eigenvalue weighted by atomic mass is 9.76. The molecule has 0 aromatic heterocycles. The lowest BCUT2D eigenvalue weighted by Crippen LogP contribution is -2.31. The molecule has 0 aromatic rings. The van der Waals surface area contributed by atoms with Crippen molar-refractivity contribution in [2.75, 3.05) is 6.61 Å².